The molecule has 0 saturated carbocycles. The summed E-state index contributed by atoms with van der Waals surface area (Å²) in [5, 5.41) is 6.11. The first kappa shape index (κ1) is 30.4. The quantitative estimate of drug-likeness (QED) is 0.391. The van der Waals surface area contributed by atoms with Crippen molar-refractivity contribution in [1.82, 2.24) is 15.1 Å². The van der Waals surface area contributed by atoms with Gasteiger partial charge in [-0.15, -0.1) is 11.8 Å². The lowest BCUT2D eigenvalue weighted by molar-refractivity contribution is -0.138. The van der Waals surface area contributed by atoms with Crippen LogP contribution in [0.15, 0.2) is 48.5 Å². The number of piperidine rings is 1. The van der Waals surface area contributed by atoms with Crippen molar-refractivity contribution >= 4 is 35.0 Å². The summed E-state index contributed by atoms with van der Waals surface area (Å²) in [4.78, 5) is 44.1. The number of hydrogen-bond donors (Lipinski definition) is 2. The van der Waals surface area contributed by atoms with Gasteiger partial charge in [0.25, 0.3) is 0 Å². The van der Waals surface area contributed by atoms with Crippen LogP contribution in [0, 0.1) is 5.41 Å². The van der Waals surface area contributed by atoms with E-state index in [9.17, 15) is 14.4 Å². The topological polar surface area (TPSA) is 91.0 Å². The Labute approximate surface area is 253 Å². The van der Waals surface area contributed by atoms with Crippen LogP contribution in [0.25, 0.3) is 0 Å². The van der Waals surface area contributed by atoms with E-state index in [0.717, 1.165) is 30.8 Å². The number of para-hydroxylation sites is 2. The molecular formula is C33H44N4O4S. The van der Waals surface area contributed by atoms with Crippen molar-refractivity contribution in [2.75, 3.05) is 45.1 Å². The molecule has 2 fully saturated rings. The van der Waals surface area contributed by atoms with Crippen molar-refractivity contribution in [1.29, 1.82) is 0 Å². The van der Waals surface area contributed by atoms with Crippen LogP contribution >= 0.6 is 11.8 Å². The van der Waals surface area contributed by atoms with E-state index < -0.39 is 10.9 Å². The lowest BCUT2D eigenvalue weighted by atomic mass is 9.82. The number of nitrogens with zero attached hydrogens (tertiary/aromatic N) is 2. The Balaban J connectivity index is 1.26. The third kappa shape index (κ3) is 6.78. The summed E-state index contributed by atoms with van der Waals surface area (Å²) in [5.41, 5.74) is 2.27. The van der Waals surface area contributed by atoms with E-state index >= 15 is 0 Å². The van der Waals surface area contributed by atoms with Crippen LogP contribution in [0.4, 0.5) is 5.69 Å². The minimum Gasteiger partial charge on any atom is -0.486 e. The molecule has 0 bridgehead atoms. The Kier molecular flexibility index (Phi) is 9.18. The minimum absolute atomic E-state index is 0.00455. The number of thioether (sulfide) groups is 1. The van der Waals surface area contributed by atoms with Gasteiger partial charge in [-0.2, -0.15) is 0 Å². The van der Waals surface area contributed by atoms with Gasteiger partial charge >= 0.3 is 0 Å². The van der Waals surface area contributed by atoms with Crippen LogP contribution in [0.2, 0.25) is 0 Å². The Morgan fingerprint density at radius 3 is 2.50 bits per heavy atom. The van der Waals surface area contributed by atoms with E-state index in [4.69, 9.17) is 4.74 Å². The number of carbonyl (C=O) groups is 3. The monoisotopic (exact) mass is 592 g/mol. The third-order valence-corrected chi connectivity index (χ3v) is 10.0. The van der Waals surface area contributed by atoms with Crippen molar-refractivity contribution in [2.24, 2.45) is 5.41 Å². The van der Waals surface area contributed by atoms with E-state index in [0.29, 0.717) is 50.2 Å². The molecule has 0 radical (unpaired) electrons. The number of ketones is 1. The fourth-order valence-corrected chi connectivity index (χ4v) is 7.53. The molecule has 2 N–H and O–H groups in total. The van der Waals surface area contributed by atoms with Gasteiger partial charge < -0.3 is 25.2 Å². The number of likely N-dealkylation sites (N-methyl/N-ethyl adjacent to an activating group) is 1. The molecule has 42 heavy (non-hydrogen) atoms. The molecule has 3 aliphatic rings. The van der Waals surface area contributed by atoms with Gasteiger partial charge in [-0.1, -0.05) is 51.1 Å². The molecule has 2 unspecified atom stereocenters. The molecule has 2 saturated heterocycles. The highest BCUT2D eigenvalue weighted by atomic mass is 32.2. The number of Topliss-reactive ketones (excluding diaryl/α,β-unsaturated/α-hetero) is 1. The lowest BCUT2D eigenvalue weighted by Crippen LogP contribution is -2.52. The number of anilines is 1. The number of benzene rings is 2. The summed E-state index contributed by atoms with van der Waals surface area (Å²) in [6.07, 6.45) is 2.61. The fraction of sp³-hybridized carbons (Fsp3) is 0.545. The molecule has 2 aromatic rings. The van der Waals surface area contributed by atoms with Crippen LogP contribution in [0.3, 0.4) is 0 Å². The van der Waals surface area contributed by atoms with Gasteiger partial charge in [0, 0.05) is 63.2 Å². The molecule has 5 rings (SSSR count). The normalized spacial score (nSPS) is 21.8. The van der Waals surface area contributed by atoms with Crippen molar-refractivity contribution in [3.8, 4) is 5.75 Å². The van der Waals surface area contributed by atoms with Crippen LogP contribution in [0.5, 0.6) is 5.75 Å². The molecule has 2 amide bonds. The Morgan fingerprint density at radius 1 is 1.05 bits per heavy atom. The minimum atomic E-state index is -0.557. The summed E-state index contributed by atoms with van der Waals surface area (Å²) in [6, 6.07) is 15.6. The molecule has 226 valence electrons. The number of likely N-dealkylation sites (tertiary alicyclic amines) is 1. The van der Waals surface area contributed by atoms with Crippen molar-refractivity contribution < 1.29 is 19.1 Å². The number of carbonyl (C=O) groups excluding carboxylic acids is 3. The van der Waals surface area contributed by atoms with E-state index in [-0.39, 0.29) is 34.8 Å². The molecule has 9 heteroatoms. The van der Waals surface area contributed by atoms with Crippen LogP contribution in [-0.4, -0.2) is 78.0 Å². The summed E-state index contributed by atoms with van der Waals surface area (Å²) in [6.45, 7) is 9.87. The van der Waals surface area contributed by atoms with E-state index in [2.05, 4.69) is 43.5 Å². The zero-order valence-corrected chi connectivity index (χ0v) is 26.1. The second-order valence-corrected chi connectivity index (χ2v) is 14.2. The predicted molar refractivity (Wildman–Crippen MR) is 168 cm³/mol. The third-order valence-electron chi connectivity index (χ3n) is 8.54. The number of amides is 2. The van der Waals surface area contributed by atoms with Gasteiger partial charge in [0.2, 0.25) is 11.8 Å². The average Bonchev–Trinajstić information content (AvgIpc) is 3.26. The predicted octanol–water partition coefficient (Wildman–Crippen LogP) is 5.11. The zero-order valence-electron chi connectivity index (χ0n) is 25.3. The van der Waals surface area contributed by atoms with Gasteiger partial charge in [-0.25, -0.2) is 0 Å². The van der Waals surface area contributed by atoms with Gasteiger partial charge in [0.1, 0.15) is 16.7 Å². The maximum absolute atomic E-state index is 13.8. The first-order chi connectivity index (χ1) is 20.1. The SMILES string of the molecule is CNCCNc1ccccc1C1SC(CC(=O)N2CCC3(CC2)CC(=O)c2ccccc2O3)C(=O)N1CCC(C)(C)C. The number of ether oxygens (including phenoxy) is 1. The molecule has 2 atom stereocenters. The second-order valence-electron chi connectivity index (χ2n) is 12.9. The molecule has 1 spiro atoms. The molecule has 0 aliphatic carbocycles. The number of fused-ring (bicyclic) bond motifs is 1. The molecule has 0 aromatic heterocycles. The average molecular weight is 593 g/mol. The molecule has 3 aliphatic heterocycles. The standard InChI is InChI=1S/C33H44N4O4S/c1-32(2,3)13-20-37-30(40)28(42-31(37)23-9-5-7-11-25(23)35-17-16-34-4)21-29(39)36-18-14-33(15-19-36)22-26(38)24-10-6-8-12-27(24)41-33/h5-12,28,31,34-35H,13-22H2,1-4H3. The van der Waals surface area contributed by atoms with Crippen LogP contribution in [0.1, 0.15) is 74.2 Å². The van der Waals surface area contributed by atoms with E-state index in [1.165, 1.54) is 0 Å². The fourth-order valence-electron chi connectivity index (χ4n) is 6.02. The first-order valence-electron chi connectivity index (χ1n) is 15.1. The maximum Gasteiger partial charge on any atom is 0.237 e. The van der Waals surface area contributed by atoms with Crippen molar-refractivity contribution in [3.63, 3.8) is 0 Å². The first-order valence-corrected chi connectivity index (χ1v) is 16.1. The largest absolute Gasteiger partial charge is 0.486 e. The molecule has 8 nitrogen and oxygen atoms in total. The summed E-state index contributed by atoms with van der Waals surface area (Å²) >= 11 is 1.59. The molecule has 2 aromatic carbocycles. The van der Waals surface area contributed by atoms with E-state index in [1.54, 1.807) is 11.8 Å². The number of rotatable bonds is 9. The highest BCUT2D eigenvalue weighted by Crippen LogP contribution is 2.47. The van der Waals surface area contributed by atoms with Gasteiger partial charge in [0.05, 0.1) is 17.2 Å². The van der Waals surface area contributed by atoms with Gasteiger partial charge in [-0.3, -0.25) is 14.4 Å². The number of nitrogens with one attached hydrogen (secondary N) is 2. The maximum atomic E-state index is 13.8. The number of hydrogen-bond acceptors (Lipinski definition) is 7. The smallest absolute Gasteiger partial charge is 0.237 e. The lowest BCUT2D eigenvalue weighted by Gasteiger charge is -2.44. The van der Waals surface area contributed by atoms with Gasteiger partial charge in [-0.05, 0) is 37.1 Å². The zero-order chi connectivity index (χ0) is 29.9. The van der Waals surface area contributed by atoms with Crippen LogP contribution < -0.4 is 15.4 Å². The van der Waals surface area contributed by atoms with Crippen LogP contribution in [-0.2, 0) is 9.59 Å². The summed E-state index contributed by atoms with van der Waals surface area (Å²) in [7, 11) is 1.93. The summed E-state index contributed by atoms with van der Waals surface area (Å²) in [5.74, 6) is 0.782. The second kappa shape index (κ2) is 12.7. The summed E-state index contributed by atoms with van der Waals surface area (Å²) < 4.78 is 6.35. The molecular weight excluding hydrogens is 548 g/mol. The Bertz CT molecular complexity index is 1300. The van der Waals surface area contributed by atoms with Crippen molar-refractivity contribution in [3.05, 3.63) is 59.7 Å². The highest BCUT2D eigenvalue weighted by molar-refractivity contribution is 8.01. The molecule has 3 heterocycles. The Morgan fingerprint density at radius 2 is 1.76 bits per heavy atom. The van der Waals surface area contributed by atoms with Gasteiger partial charge in [0.15, 0.2) is 5.78 Å². The van der Waals surface area contributed by atoms with Crippen molar-refractivity contribution in [2.45, 2.75) is 69.1 Å². The highest BCUT2D eigenvalue weighted by Gasteiger charge is 2.46. The Hall–Kier alpha value is -3.04. The van der Waals surface area contributed by atoms with E-state index in [1.807, 2.05) is 53.2 Å².